The van der Waals surface area contributed by atoms with Crippen LogP contribution >= 0.6 is 0 Å². The average molecular weight is 216 g/mol. The number of hydrogen-bond acceptors (Lipinski definition) is 4. The fourth-order valence-electron chi connectivity index (χ4n) is 1.74. The van der Waals surface area contributed by atoms with Crippen LogP contribution in [-0.4, -0.2) is 61.9 Å². The van der Waals surface area contributed by atoms with Crippen molar-refractivity contribution in [3.05, 3.63) is 0 Å². The zero-order chi connectivity index (χ0) is 11.3. The summed E-state index contributed by atoms with van der Waals surface area (Å²) in [6.07, 6.45) is -0.218. The molecule has 1 fully saturated rings. The lowest BCUT2D eigenvalue weighted by Crippen LogP contribution is -2.49. The van der Waals surface area contributed by atoms with Crippen LogP contribution < -0.4 is 5.32 Å². The van der Waals surface area contributed by atoms with E-state index >= 15 is 0 Å². The normalized spacial score (nSPS) is 23.9. The monoisotopic (exact) mass is 216 g/mol. The molecule has 0 aliphatic carbocycles. The smallest absolute Gasteiger partial charge is 0.226 e. The maximum atomic E-state index is 11.9. The Labute approximate surface area is 90.4 Å². The molecule has 2 atom stereocenters. The average Bonchev–Trinajstić information content (AvgIpc) is 2.28. The lowest BCUT2D eigenvalue weighted by molar-refractivity contribution is -0.143. The van der Waals surface area contributed by atoms with Gasteiger partial charge in [-0.2, -0.15) is 0 Å². The van der Waals surface area contributed by atoms with Gasteiger partial charge in [0, 0.05) is 25.6 Å². The molecular weight excluding hydrogens is 196 g/mol. The Morgan fingerprint density at radius 2 is 2.47 bits per heavy atom. The van der Waals surface area contributed by atoms with Crippen molar-refractivity contribution < 1.29 is 14.6 Å². The largest absolute Gasteiger partial charge is 0.394 e. The molecule has 1 rings (SSSR count). The van der Waals surface area contributed by atoms with E-state index in [-0.39, 0.29) is 24.5 Å². The summed E-state index contributed by atoms with van der Waals surface area (Å²) in [5.41, 5.74) is 0. The number of aliphatic hydroxyl groups is 1. The van der Waals surface area contributed by atoms with Crippen LogP contribution in [0.15, 0.2) is 0 Å². The molecule has 5 heteroatoms. The zero-order valence-corrected chi connectivity index (χ0v) is 9.40. The van der Waals surface area contributed by atoms with Crippen LogP contribution in [0, 0.1) is 5.92 Å². The molecule has 1 amide bonds. The number of carbonyl (C=O) groups excluding carboxylic acids is 1. The summed E-state index contributed by atoms with van der Waals surface area (Å²) < 4.78 is 5.29. The van der Waals surface area contributed by atoms with Crippen molar-refractivity contribution in [1.29, 1.82) is 0 Å². The summed E-state index contributed by atoms with van der Waals surface area (Å²) in [5.74, 6) is 0.110. The Kier molecular flexibility index (Phi) is 5.01. The highest BCUT2D eigenvalue weighted by molar-refractivity contribution is 5.78. The lowest BCUT2D eigenvalue weighted by atomic mass is 10.1. The molecule has 0 aromatic rings. The van der Waals surface area contributed by atoms with Crippen molar-refractivity contribution in [2.24, 2.45) is 5.92 Å². The molecule has 2 N–H and O–H groups in total. The first-order valence-electron chi connectivity index (χ1n) is 5.35. The SMILES string of the molecule is CNCC(C)C(=O)N1CCOC(CO)C1. The highest BCUT2D eigenvalue weighted by atomic mass is 16.5. The maximum Gasteiger partial charge on any atom is 0.226 e. The first kappa shape index (κ1) is 12.4. The van der Waals surface area contributed by atoms with Crippen molar-refractivity contribution in [3.63, 3.8) is 0 Å². The Balaban J connectivity index is 2.44. The fraction of sp³-hybridized carbons (Fsp3) is 0.900. The standard InChI is InChI=1S/C10H20N2O3/c1-8(5-11-2)10(14)12-3-4-15-9(6-12)7-13/h8-9,11,13H,3-7H2,1-2H3. The van der Waals surface area contributed by atoms with E-state index in [2.05, 4.69) is 5.32 Å². The van der Waals surface area contributed by atoms with Crippen molar-refractivity contribution in [2.45, 2.75) is 13.0 Å². The summed E-state index contributed by atoms with van der Waals surface area (Å²) in [7, 11) is 1.83. The molecular formula is C10H20N2O3. The van der Waals surface area contributed by atoms with E-state index in [1.807, 2.05) is 14.0 Å². The van der Waals surface area contributed by atoms with E-state index in [0.717, 1.165) is 0 Å². The lowest BCUT2D eigenvalue weighted by Gasteiger charge is -2.33. The maximum absolute atomic E-state index is 11.9. The van der Waals surface area contributed by atoms with Gasteiger partial charge in [0.05, 0.1) is 19.3 Å². The second-order valence-corrected chi connectivity index (χ2v) is 3.92. The number of rotatable bonds is 4. The first-order valence-corrected chi connectivity index (χ1v) is 5.35. The van der Waals surface area contributed by atoms with E-state index in [9.17, 15) is 4.79 Å². The van der Waals surface area contributed by atoms with E-state index in [0.29, 0.717) is 26.2 Å². The van der Waals surface area contributed by atoms with Gasteiger partial charge in [0.2, 0.25) is 5.91 Å². The number of nitrogens with one attached hydrogen (secondary N) is 1. The molecule has 5 nitrogen and oxygen atoms in total. The van der Waals surface area contributed by atoms with Crippen LogP contribution in [0.4, 0.5) is 0 Å². The molecule has 1 aliphatic heterocycles. The van der Waals surface area contributed by atoms with Crippen LogP contribution in [0.1, 0.15) is 6.92 Å². The molecule has 88 valence electrons. The van der Waals surface area contributed by atoms with Gasteiger partial charge in [-0.15, -0.1) is 0 Å². The first-order chi connectivity index (χ1) is 7.19. The summed E-state index contributed by atoms with van der Waals surface area (Å²) in [6, 6.07) is 0. The number of carbonyl (C=O) groups is 1. The molecule has 0 aromatic heterocycles. The van der Waals surface area contributed by atoms with Crippen molar-refractivity contribution in [1.82, 2.24) is 10.2 Å². The van der Waals surface area contributed by atoms with Crippen molar-refractivity contribution >= 4 is 5.91 Å². The minimum atomic E-state index is -0.218. The Morgan fingerprint density at radius 1 is 1.73 bits per heavy atom. The third-order valence-corrected chi connectivity index (χ3v) is 2.59. The molecule has 0 saturated carbocycles. The summed E-state index contributed by atoms with van der Waals surface area (Å²) in [5, 5.41) is 11.9. The van der Waals surface area contributed by atoms with E-state index in [4.69, 9.17) is 9.84 Å². The molecule has 0 aromatic carbocycles. The van der Waals surface area contributed by atoms with Crippen molar-refractivity contribution in [3.8, 4) is 0 Å². The van der Waals surface area contributed by atoms with Gasteiger partial charge in [-0.3, -0.25) is 4.79 Å². The predicted octanol–water partition coefficient (Wildman–Crippen LogP) is -0.938. The summed E-state index contributed by atoms with van der Waals surface area (Å²) in [6.45, 7) is 4.21. The van der Waals surface area contributed by atoms with Gasteiger partial charge in [0.15, 0.2) is 0 Å². The number of ether oxygens (including phenoxy) is 1. The van der Waals surface area contributed by atoms with Crippen LogP contribution in [0.5, 0.6) is 0 Å². The van der Waals surface area contributed by atoms with Gasteiger partial charge in [0.25, 0.3) is 0 Å². The molecule has 0 spiro atoms. The van der Waals surface area contributed by atoms with Crippen LogP contribution in [0.2, 0.25) is 0 Å². The highest BCUT2D eigenvalue weighted by Crippen LogP contribution is 2.09. The predicted molar refractivity (Wildman–Crippen MR) is 56.5 cm³/mol. The number of aliphatic hydroxyl groups excluding tert-OH is 1. The van der Waals surface area contributed by atoms with Crippen LogP contribution in [0.25, 0.3) is 0 Å². The van der Waals surface area contributed by atoms with Gasteiger partial charge >= 0.3 is 0 Å². The zero-order valence-electron chi connectivity index (χ0n) is 9.40. The molecule has 2 unspecified atom stereocenters. The van der Waals surface area contributed by atoms with Crippen LogP contribution in [0.3, 0.4) is 0 Å². The second-order valence-electron chi connectivity index (χ2n) is 3.92. The van der Waals surface area contributed by atoms with Gasteiger partial charge in [0.1, 0.15) is 0 Å². The van der Waals surface area contributed by atoms with Crippen LogP contribution in [-0.2, 0) is 9.53 Å². The number of hydrogen-bond donors (Lipinski definition) is 2. The molecule has 15 heavy (non-hydrogen) atoms. The van der Waals surface area contributed by atoms with Gasteiger partial charge < -0.3 is 20.1 Å². The quantitative estimate of drug-likeness (QED) is 0.637. The summed E-state index contributed by atoms with van der Waals surface area (Å²) >= 11 is 0. The Hall–Kier alpha value is -0.650. The Morgan fingerprint density at radius 3 is 3.07 bits per heavy atom. The van der Waals surface area contributed by atoms with Crippen molar-refractivity contribution in [2.75, 3.05) is 39.9 Å². The summed E-state index contributed by atoms with van der Waals surface area (Å²) in [4.78, 5) is 13.7. The third kappa shape index (κ3) is 3.44. The van der Waals surface area contributed by atoms with E-state index < -0.39 is 0 Å². The van der Waals surface area contributed by atoms with Gasteiger partial charge in [-0.05, 0) is 7.05 Å². The van der Waals surface area contributed by atoms with E-state index in [1.165, 1.54) is 0 Å². The minimum Gasteiger partial charge on any atom is -0.394 e. The topological polar surface area (TPSA) is 61.8 Å². The number of morpholine rings is 1. The van der Waals surface area contributed by atoms with Gasteiger partial charge in [-0.25, -0.2) is 0 Å². The van der Waals surface area contributed by atoms with Gasteiger partial charge in [-0.1, -0.05) is 6.92 Å². The molecule has 1 saturated heterocycles. The number of nitrogens with zero attached hydrogens (tertiary/aromatic N) is 1. The molecule has 1 aliphatic rings. The second kappa shape index (κ2) is 6.05. The third-order valence-electron chi connectivity index (χ3n) is 2.59. The van der Waals surface area contributed by atoms with E-state index in [1.54, 1.807) is 4.90 Å². The highest BCUT2D eigenvalue weighted by Gasteiger charge is 2.26. The minimum absolute atomic E-state index is 0.0209. The molecule has 1 heterocycles. The molecule has 0 radical (unpaired) electrons. The Bertz CT molecular complexity index is 211. The fourth-order valence-corrected chi connectivity index (χ4v) is 1.74. The molecule has 0 bridgehead atoms. The number of amides is 1.